The highest BCUT2D eigenvalue weighted by Gasteiger charge is 2.37. The number of rotatable bonds is 1. The fourth-order valence-corrected chi connectivity index (χ4v) is 1.74. The summed E-state index contributed by atoms with van der Waals surface area (Å²) in [6.07, 6.45) is -4.66. The maximum absolute atomic E-state index is 12.5. The molecular formula is C9H5Cl2F3O. The third kappa shape index (κ3) is 2.63. The Morgan fingerprint density at radius 1 is 1.27 bits per heavy atom. The summed E-state index contributed by atoms with van der Waals surface area (Å²) >= 11 is 10.9. The van der Waals surface area contributed by atoms with Crippen LogP contribution in [0.1, 0.15) is 22.8 Å². The van der Waals surface area contributed by atoms with Crippen molar-refractivity contribution in [3.8, 4) is 0 Å². The molecule has 0 aliphatic rings. The molecule has 1 nitrogen and oxygen atoms in total. The van der Waals surface area contributed by atoms with Crippen molar-refractivity contribution in [3.63, 3.8) is 0 Å². The number of alkyl halides is 3. The van der Waals surface area contributed by atoms with Gasteiger partial charge < -0.3 is 0 Å². The molecule has 0 aromatic heterocycles. The standard InChI is InChI=1S/C9H5Cl2F3O/c1-4(15)6-2-5(10)3-7(11)8(6)9(12,13)14/h2-3H,1H3. The minimum absolute atomic E-state index is 0.00167. The number of carbonyl (C=O) groups excluding carboxylic acids is 1. The van der Waals surface area contributed by atoms with E-state index in [2.05, 4.69) is 0 Å². The molecule has 0 amide bonds. The van der Waals surface area contributed by atoms with Crippen LogP contribution in [0.5, 0.6) is 0 Å². The largest absolute Gasteiger partial charge is 0.418 e. The van der Waals surface area contributed by atoms with E-state index in [1.807, 2.05) is 0 Å². The number of carbonyl (C=O) groups is 1. The molecule has 1 aromatic carbocycles. The fourth-order valence-electron chi connectivity index (χ4n) is 1.14. The first-order valence-electron chi connectivity index (χ1n) is 3.80. The van der Waals surface area contributed by atoms with Gasteiger partial charge >= 0.3 is 6.18 Å². The van der Waals surface area contributed by atoms with E-state index in [0.717, 1.165) is 19.1 Å². The Balaban J connectivity index is 3.55. The highest BCUT2D eigenvalue weighted by molar-refractivity contribution is 6.35. The zero-order valence-electron chi connectivity index (χ0n) is 7.45. The lowest BCUT2D eigenvalue weighted by molar-refractivity contribution is -0.137. The number of Topliss-reactive ketones (excluding diaryl/α,β-unsaturated/α-hetero) is 1. The summed E-state index contributed by atoms with van der Waals surface area (Å²) in [6, 6.07) is 1.91. The van der Waals surface area contributed by atoms with Crippen LogP contribution in [0.4, 0.5) is 13.2 Å². The normalized spacial score (nSPS) is 11.6. The van der Waals surface area contributed by atoms with Gasteiger partial charge in [-0.15, -0.1) is 0 Å². The second-order valence-corrected chi connectivity index (χ2v) is 3.71. The molecule has 0 N–H and O–H groups in total. The summed E-state index contributed by atoms with van der Waals surface area (Å²) in [4.78, 5) is 11.0. The van der Waals surface area contributed by atoms with E-state index >= 15 is 0 Å². The van der Waals surface area contributed by atoms with Gasteiger partial charge in [0.1, 0.15) is 0 Å². The van der Waals surface area contributed by atoms with E-state index in [1.54, 1.807) is 0 Å². The molecule has 82 valence electrons. The summed E-state index contributed by atoms with van der Waals surface area (Å²) in [5, 5.41) is -0.571. The van der Waals surface area contributed by atoms with Crippen LogP contribution in [-0.2, 0) is 6.18 Å². The minimum atomic E-state index is -4.66. The summed E-state index contributed by atoms with van der Waals surface area (Å²) in [7, 11) is 0. The van der Waals surface area contributed by atoms with Gasteiger partial charge in [0.2, 0.25) is 0 Å². The Morgan fingerprint density at radius 3 is 2.20 bits per heavy atom. The second kappa shape index (κ2) is 4.02. The molecule has 0 bridgehead atoms. The van der Waals surface area contributed by atoms with E-state index < -0.39 is 28.1 Å². The molecule has 0 heterocycles. The monoisotopic (exact) mass is 256 g/mol. The van der Waals surface area contributed by atoms with Crippen LogP contribution < -0.4 is 0 Å². The van der Waals surface area contributed by atoms with Crippen LogP contribution in [0.15, 0.2) is 12.1 Å². The first-order valence-corrected chi connectivity index (χ1v) is 4.56. The third-order valence-corrected chi connectivity index (χ3v) is 2.23. The first kappa shape index (κ1) is 12.3. The van der Waals surface area contributed by atoms with Crippen LogP contribution in [0, 0.1) is 0 Å². The van der Waals surface area contributed by atoms with E-state index in [9.17, 15) is 18.0 Å². The van der Waals surface area contributed by atoms with Crippen molar-refractivity contribution in [2.45, 2.75) is 13.1 Å². The summed E-state index contributed by atoms with van der Waals surface area (Å²) < 4.78 is 37.6. The number of hydrogen-bond acceptors (Lipinski definition) is 1. The van der Waals surface area contributed by atoms with Gasteiger partial charge in [-0.1, -0.05) is 23.2 Å². The molecule has 0 spiro atoms. The summed E-state index contributed by atoms with van der Waals surface area (Å²) in [6.45, 7) is 1.03. The van der Waals surface area contributed by atoms with Crippen molar-refractivity contribution >= 4 is 29.0 Å². The Labute approximate surface area is 93.8 Å². The molecule has 6 heteroatoms. The number of ketones is 1. The lowest BCUT2D eigenvalue weighted by Gasteiger charge is -2.13. The maximum Gasteiger partial charge on any atom is 0.418 e. The van der Waals surface area contributed by atoms with Crippen molar-refractivity contribution in [1.29, 1.82) is 0 Å². The van der Waals surface area contributed by atoms with Crippen molar-refractivity contribution in [1.82, 2.24) is 0 Å². The van der Waals surface area contributed by atoms with Gasteiger partial charge in [0, 0.05) is 10.6 Å². The fraction of sp³-hybridized carbons (Fsp3) is 0.222. The van der Waals surface area contributed by atoms with Crippen LogP contribution in [0.3, 0.4) is 0 Å². The minimum Gasteiger partial charge on any atom is -0.294 e. The van der Waals surface area contributed by atoms with Crippen molar-refractivity contribution < 1.29 is 18.0 Å². The SMILES string of the molecule is CC(=O)c1cc(Cl)cc(Cl)c1C(F)(F)F. The lowest BCUT2D eigenvalue weighted by atomic mass is 10.0. The Kier molecular flexibility index (Phi) is 3.31. The molecule has 0 fully saturated rings. The topological polar surface area (TPSA) is 17.1 Å². The lowest BCUT2D eigenvalue weighted by Crippen LogP contribution is -2.12. The van der Waals surface area contributed by atoms with Crippen molar-refractivity contribution in [2.75, 3.05) is 0 Å². The Bertz CT molecular complexity index is 413. The van der Waals surface area contributed by atoms with Gasteiger partial charge in [0.15, 0.2) is 5.78 Å². The van der Waals surface area contributed by atoms with E-state index in [-0.39, 0.29) is 5.02 Å². The Morgan fingerprint density at radius 2 is 1.80 bits per heavy atom. The van der Waals surface area contributed by atoms with Crippen LogP contribution in [-0.4, -0.2) is 5.78 Å². The number of hydrogen-bond donors (Lipinski definition) is 0. The molecule has 0 aliphatic heterocycles. The van der Waals surface area contributed by atoms with E-state index in [1.165, 1.54) is 0 Å². The first-order chi connectivity index (χ1) is 6.73. The predicted octanol–water partition coefficient (Wildman–Crippen LogP) is 4.21. The van der Waals surface area contributed by atoms with Crippen LogP contribution >= 0.6 is 23.2 Å². The van der Waals surface area contributed by atoms with Crippen molar-refractivity contribution in [3.05, 3.63) is 33.3 Å². The average Bonchev–Trinajstić information content (AvgIpc) is 1.99. The molecule has 1 aromatic rings. The molecule has 0 atom stereocenters. The number of benzene rings is 1. The molecular weight excluding hydrogens is 252 g/mol. The van der Waals surface area contributed by atoms with Gasteiger partial charge in [-0.3, -0.25) is 4.79 Å². The quantitative estimate of drug-likeness (QED) is 0.688. The zero-order chi connectivity index (χ0) is 11.8. The summed E-state index contributed by atoms with van der Waals surface area (Å²) in [5.74, 6) is -0.730. The van der Waals surface area contributed by atoms with Gasteiger partial charge in [-0.25, -0.2) is 0 Å². The van der Waals surface area contributed by atoms with Gasteiger partial charge in [0.25, 0.3) is 0 Å². The van der Waals surface area contributed by atoms with E-state index in [4.69, 9.17) is 23.2 Å². The highest BCUT2D eigenvalue weighted by atomic mass is 35.5. The molecule has 0 saturated heterocycles. The average molecular weight is 257 g/mol. The zero-order valence-corrected chi connectivity index (χ0v) is 8.96. The third-order valence-electron chi connectivity index (χ3n) is 1.72. The van der Waals surface area contributed by atoms with Gasteiger partial charge in [-0.05, 0) is 19.1 Å². The van der Waals surface area contributed by atoms with Crippen LogP contribution in [0.2, 0.25) is 10.0 Å². The molecule has 0 saturated carbocycles. The van der Waals surface area contributed by atoms with Crippen LogP contribution in [0.25, 0.3) is 0 Å². The maximum atomic E-state index is 12.5. The van der Waals surface area contributed by atoms with Crippen molar-refractivity contribution in [2.24, 2.45) is 0 Å². The molecule has 1 rings (SSSR count). The molecule has 0 aliphatic carbocycles. The molecule has 0 unspecified atom stereocenters. The number of halogens is 5. The smallest absolute Gasteiger partial charge is 0.294 e. The predicted molar refractivity (Wildman–Crippen MR) is 51.5 cm³/mol. The Hall–Kier alpha value is -0.740. The highest BCUT2D eigenvalue weighted by Crippen LogP contribution is 2.38. The van der Waals surface area contributed by atoms with Gasteiger partial charge in [0.05, 0.1) is 10.6 Å². The van der Waals surface area contributed by atoms with Gasteiger partial charge in [-0.2, -0.15) is 13.2 Å². The molecule has 0 radical (unpaired) electrons. The van der Waals surface area contributed by atoms with E-state index in [0.29, 0.717) is 0 Å². The summed E-state index contributed by atoms with van der Waals surface area (Å²) in [5.41, 5.74) is -1.65. The molecule has 15 heavy (non-hydrogen) atoms. The second-order valence-electron chi connectivity index (χ2n) is 2.86.